The van der Waals surface area contributed by atoms with Gasteiger partial charge in [-0.2, -0.15) is 0 Å². The molecule has 1 aliphatic heterocycles. The number of ether oxygens (including phenoxy) is 2. The molecule has 6 heteroatoms. The highest BCUT2D eigenvalue weighted by Gasteiger charge is 2.24. The topological polar surface area (TPSA) is 67.9 Å². The molecule has 0 bridgehead atoms. The number of nitrogens with one attached hydrogen (secondary N) is 1. The molecular formula is C13H16N2O4. The predicted molar refractivity (Wildman–Crippen MR) is 70.6 cm³/mol. The van der Waals surface area contributed by atoms with E-state index in [0.29, 0.717) is 30.1 Å². The second-order valence-electron chi connectivity index (χ2n) is 4.15. The fourth-order valence-corrected chi connectivity index (χ4v) is 2.05. The minimum atomic E-state index is -0.552. The van der Waals surface area contributed by atoms with Crippen LogP contribution in [0.1, 0.15) is 12.8 Å². The van der Waals surface area contributed by atoms with Gasteiger partial charge < -0.3 is 14.4 Å². The Morgan fingerprint density at radius 2 is 2.16 bits per heavy atom. The lowest BCUT2D eigenvalue weighted by atomic mass is 10.2. The fraction of sp³-hybridized carbons (Fsp3) is 0.385. The molecule has 0 saturated carbocycles. The summed E-state index contributed by atoms with van der Waals surface area (Å²) in [5, 5.41) is 2.57. The molecule has 2 amide bonds. The zero-order valence-electron chi connectivity index (χ0n) is 10.9. The summed E-state index contributed by atoms with van der Waals surface area (Å²) in [6.45, 7) is 0.664. The molecule has 1 heterocycles. The Balaban J connectivity index is 2.31. The zero-order valence-corrected chi connectivity index (χ0v) is 10.9. The summed E-state index contributed by atoms with van der Waals surface area (Å²) in [6.07, 6.45) is 0.818. The molecular weight excluding hydrogens is 248 g/mol. The van der Waals surface area contributed by atoms with E-state index in [1.54, 1.807) is 30.2 Å². The summed E-state index contributed by atoms with van der Waals surface area (Å²) in [5.41, 5.74) is 1.22. The third-order valence-electron chi connectivity index (χ3n) is 2.97. The lowest BCUT2D eigenvalue weighted by Gasteiger charge is -2.19. The van der Waals surface area contributed by atoms with Crippen molar-refractivity contribution in [2.75, 3.05) is 31.0 Å². The third-order valence-corrected chi connectivity index (χ3v) is 2.97. The summed E-state index contributed by atoms with van der Waals surface area (Å²) in [7, 11) is 2.84. The van der Waals surface area contributed by atoms with Crippen molar-refractivity contribution in [3.63, 3.8) is 0 Å². The van der Waals surface area contributed by atoms with Crippen molar-refractivity contribution < 1.29 is 19.1 Å². The number of benzene rings is 1. The molecule has 19 heavy (non-hydrogen) atoms. The quantitative estimate of drug-likeness (QED) is 0.906. The molecule has 1 saturated heterocycles. The van der Waals surface area contributed by atoms with Gasteiger partial charge in [0.25, 0.3) is 0 Å². The van der Waals surface area contributed by atoms with E-state index in [1.807, 2.05) is 0 Å². The average molecular weight is 264 g/mol. The molecule has 6 nitrogen and oxygen atoms in total. The van der Waals surface area contributed by atoms with Crippen LogP contribution in [0.5, 0.6) is 5.75 Å². The summed E-state index contributed by atoms with van der Waals surface area (Å²) < 4.78 is 9.79. The van der Waals surface area contributed by atoms with Crippen LogP contribution in [0.3, 0.4) is 0 Å². The Morgan fingerprint density at radius 1 is 1.37 bits per heavy atom. The van der Waals surface area contributed by atoms with Gasteiger partial charge in [0.15, 0.2) is 0 Å². The van der Waals surface area contributed by atoms with E-state index in [9.17, 15) is 9.59 Å². The highest BCUT2D eigenvalue weighted by Crippen LogP contribution is 2.33. The van der Waals surface area contributed by atoms with Crippen molar-refractivity contribution in [1.29, 1.82) is 0 Å². The number of amides is 2. The van der Waals surface area contributed by atoms with Crippen molar-refractivity contribution in [3.05, 3.63) is 18.2 Å². The Bertz CT molecular complexity index is 501. The first kappa shape index (κ1) is 13.2. The van der Waals surface area contributed by atoms with E-state index >= 15 is 0 Å². The van der Waals surface area contributed by atoms with Crippen LogP contribution in [-0.2, 0) is 9.53 Å². The van der Waals surface area contributed by atoms with Crippen LogP contribution in [0.25, 0.3) is 0 Å². The maximum absolute atomic E-state index is 11.8. The van der Waals surface area contributed by atoms with E-state index in [2.05, 4.69) is 10.1 Å². The van der Waals surface area contributed by atoms with Gasteiger partial charge in [-0.25, -0.2) is 4.79 Å². The van der Waals surface area contributed by atoms with E-state index < -0.39 is 6.09 Å². The summed E-state index contributed by atoms with van der Waals surface area (Å²) >= 11 is 0. The number of hydrogen-bond donors (Lipinski definition) is 1. The number of carbonyl (C=O) groups is 2. The third kappa shape index (κ3) is 2.78. The number of methoxy groups -OCH3 is 2. The second-order valence-corrected chi connectivity index (χ2v) is 4.15. The summed E-state index contributed by atoms with van der Waals surface area (Å²) in [4.78, 5) is 24.6. The van der Waals surface area contributed by atoms with Crippen LogP contribution in [0.4, 0.5) is 16.2 Å². The molecule has 0 atom stereocenters. The van der Waals surface area contributed by atoms with E-state index in [-0.39, 0.29) is 5.91 Å². The van der Waals surface area contributed by atoms with Gasteiger partial charge in [-0.05, 0) is 24.6 Å². The molecule has 0 aliphatic carbocycles. The van der Waals surface area contributed by atoms with Crippen LogP contribution in [0.2, 0.25) is 0 Å². The van der Waals surface area contributed by atoms with Gasteiger partial charge in [0.2, 0.25) is 5.91 Å². The molecule has 1 aromatic rings. The van der Waals surface area contributed by atoms with E-state index in [4.69, 9.17) is 4.74 Å². The predicted octanol–water partition coefficient (Wildman–Crippen LogP) is 2.00. The molecule has 1 N–H and O–H groups in total. The van der Waals surface area contributed by atoms with Crippen LogP contribution in [0, 0.1) is 0 Å². The smallest absolute Gasteiger partial charge is 0.411 e. The van der Waals surface area contributed by atoms with Crippen LogP contribution in [-0.4, -0.2) is 32.8 Å². The zero-order chi connectivity index (χ0) is 13.8. The van der Waals surface area contributed by atoms with Crippen LogP contribution >= 0.6 is 0 Å². The van der Waals surface area contributed by atoms with Gasteiger partial charge in [-0.1, -0.05) is 0 Å². The van der Waals surface area contributed by atoms with Gasteiger partial charge in [0, 0.05) is 18.7 Å². The van der Waals surface area contributed by atoms with Gasteiger partial charge in [0.1, 0.15) is 5.75 Å². The Labute approximate surface area is 111 Å². The number of anilines is 2. The van der Waals surface area contributed by atoms with Crippen molar-refractivity contribution in [2.24, 2.45) is 0 Å². The largest absolute Gasteiger partial charge is 0.495 e. The van der Waals surface area contributed by atoms with Crippen molar-refractivity contribution >= 4 is 23.4 Å². The van der Waals surface area contributed by atoms with E-state index in [0.717, 1.165) is 6.42 Å². The number of carbonyl (C=O) groups excluding carboxylic acids is 2. The first-order valence-electron chi connectivity index (χ1n) is 5.99. The van der Waals surface area contributed by atoms with Crippen molar-refractivity contribution in [2.45, 2.75) is 12.8 Å². The first-order chi connectivity index (χ1) is 9.15. The second kappa shape index (κ2) is 5.60. The molecule has 0 radical (unpaired) electrons. The standard InChI is InChI=1S/C13H16N2O4/c1-18-11-6-5-9(14-13(17)19-2)8-10(11)15-7-3-4-12(15)16/h5-6,8H,3-4,7H2,1-2H3,(H,14,17). The number of hydrogen-bond acceptors (Lipinski definition) is 4. The minimum Gasteiger partial charge on any atom is -0.495 e. The monoisotopic (exact) mass is 264 g/mol. The molecule has 1 fully saturated rings. The lowest BCUT2D eigenvalue weighted by molar-refractivity contribution is -0.117. The van der Waals surface area contributed by atoms with Crippen molar-refractivity contribution in [1.82, 2.24) is 0 Å². The summed E-state index contributed by atoms with van der Waals surface area (Å²) in [6, 6.07) is 5.12. The fourth-order valence-electron chi connectivity index (χ4n) is 2.05. The average Bonchev–Trinajstić information content (AvgIpc) is 2.84. The molecule has 1 aromatic carbocycles. The van der Waals surface area contributed by atoms with Crippen molar-refractivity contribution in [3.8, 4) is 5.75 Å². The molecule has 0 unspecified atom stereocenters. The molecule has 1 aliphatic rings. The van der Waals surface area contributed by atoms with Crippen LogP contribution in [0.15, 0.2) is 18.2 Å². The first-order valence-corrected chi connectivity index (χ1v) is 5.99. The van der Waals surface area contributed by atoms with Gasteiger partial charge in [-0.3, -0.25) is 10.1 Å². The van der Waals surface area contributed by atoms with Crippen LogP contribution < -0.4 is 15.0 Å². The Morgan fingerprint density at radius 3 is 2.74 bits per heavy atom. The highest BCUT2D eigenvalue weighted by molar-refractivity contribution is 5.98. The summed E-state index contributed by atoms with van der Waals surface area (Å²) in [5.74, 6) is 0.666. The van der Waals surface area contributed by atoms with Gasteiger partial charge in [0.05, 0.1) is 19.9 Å². The molecule has 0 spiro atoms. The maximum Gasteiger partial charge on any atom is 0.411 e. The SMILES string of the molecule is COC(=O)Nc1ccc(OC)c(N2CCCC2=O)c1. The lowest BCUT2D eigenvalue weighted by Crippen LogP contribution is -2.24. The maximum atomic E-state index is 11.8. The molecule has 102 valence electrons. The number of rotatable bonds is 3. The Kier molecular flexibility index (Phi) is 3.89. The minimum absolute atomic E-state index is 0.0634. The van der Waals surface area contributed by atoms with E-state index in [1.165, 1.54) is 7.11 Å². The Hall–Kier alpha value is -2.24. The molecule has 2 rings (SSSR count). The molecule has 0 aromatic heterocycles. The number of nitrogens with zero attached hydrogens (tertiary/aromatic N) is 1. The highest BCUT2D eigenvalue weighted by atomic mass is 16.5. The van der Waals surface area contributed by atoms with Gasteiger partial charge in [-0.15, -0.1) is 0 Å². The normalized spacial score (nSPS) is 14.4. The van der Waals surface area contributed by atoms with Gasteiger partial charge >= 0.3 is 6.09 Å².